The number of ether oxygens (including phenoxy) is 1. The van der Waals surface area contributed by atoms with E-state index in [0.717, 1.165) is 54.7 Å². The molecule has 4 nitrogen and oxygen atoms in total. The normalized spacial score (nSPS) is 14.9. The van der Waals surface area contributed by atoms with Crippen molar-refractivity contribution in [2.45, 2.75) is 72.6 Å². The molecule has 0 aliphatic carbocycles. The predicted molar refractivity (Wildman–Crippen MR) is 146 cm³/mol. The lowest BCUT2D eigenvalue weighted by Gasteiger charge is -2.35. The number of carbonyl (C=O) groups is 1. The van der Waals surface area contributed by atoms with Crippen molar-refractivity contribution in [3.05, 3.63) is 93.5 Å². The zero-order valence-electron chi connectivity index (χ0n) is 22.5. The number of fused-ring (bicyclic) bond motifs is 1. The van der Waals surface area contributed by atoms with Crippen LogP contribution < -0.4 is 0 Å². The maximum atomic E-state index is 12.6. The van der Waals surface area contributed by atoms with Crippen LogP contribution in [0.25, 0.3) is 11.1 Å². The van der Waals surface area contributed by atoms with Gasteiger partial charge < -0.3 is 9.84 Å². The fraction of sp³-hybridized carbons (Fsp3) is 0.406. The van der Waals surface area contributed by atoms with Crippen molar-refractivity contribution in [3.8, 4) is 11.1 Å². The molecule has 0 saturated heterocycles. The first-order valence-electron chi connectivity index (χ1n) is 12.9. The summed E-state index contributed by atoms with van der Waals surface area (Å²) in [5.41, 5.74) is 9.67. The summed E-state index contributed by atoms with van der Waals surface area (Å²) in [6.45, 7) is 14.9. The van der Waals surface area contributed by atoms with E-state index < -0.39 is 17.7 Å². The van der Waals surface area contributed by atoms with Gasteiger partial charge in [0.1, 0.15) is 0 Å². The molecule has 1 N–H and O–H groups in total. The van der Waals surface area contributed by atoms with E-state index in [1.165, 1.54) is 27.8 Å². The Morgan fingerprint density at radius 1 is 0.972 bits per heavy atom. The molecule has 4 rings (SSSR count). The first-order chi connectivity index (χ1) is 17.0. The lowest BCUT2D eigenvalue weighted by molar-refractivity contribution is -0.160. The molecule has 1 heterocycles. The van der Waals surface area contributed by atoms with Crippen molar-refractivity contribution in [1.82, 2.24) is 4.90 Å². The first kappa shape index (κ1) is 26.1. The zero-order chi connectivity index (χ0) is 26.0. The summed E-state index contributed by atoms with van der Waals surface area (Å²) in [7, 11) is 0. The maximum Gasteiger partial charge on any atom is 0.337 e. The van der Waals surface area contributed by atoms with E-state index in [0.29, 0.717) is 0 Å². The van der Waals surface area contributed by atoms with Crippen LogP contribution in [0.15, 0.2) is 54.6 Å². The summed E-state index contributed by atoms with van der Waals surface area (Å²) >= 11 is 0. The highest BCUT2D eigenvalue weighted by Gasteiger charge is 2.34. The lowest BCUT2D eigenvalue weighted by Crippen LogP contribution is -2.34. The quantitative estimate of drug-likeness (QED) is 0.399. The van der Waals surface area contributed by atoms with Gasteiger partial charge >= 0.3 is 5.97 Å². The summed E-state index contributed by atoms with van der Waals surface area (Å²) in [4.78, 5) is 15.1. The molecule has 0 radical (unpaired) electrons. The van der Waals surface area contributed by atoms with Crippen molar-refractivity contribution in [1.29, 1.82) is 0 Å². The Balaban J connectivity index is 1.80. The van der Waals surface area contributed by atoms with E-state index in [-0.39, 0.29) is 0 Å². The molecule has 1 aliphatic heterocycles. The van der Waals surface area contributed by atoms with Gasteiger partial charge in [-0.2, -0.15) is 0 Å². The van der Waals surface area contributed by atoms with Crippen molar-refractivity contribution in [2.75, 3.05) is 13.1 Å². The van der Waals surface area contributed by atoms with Crippen LogP contribution in [0, 0.1) is 20.8 Å². The van der Waals surface area contributed by atoms with Crippen molar-refractivity contribution in [3.63, 3.8) is 0 Å². The van der Waals surface area contributed by atoms with Gasteiger partial charge in [0, 0.05) is 25.2 Å². The van der Waals surface area contributed by atoms with Crippen LogP contribution in [0.4, 0.5) is 0 Å². The second kappa shape index (κ2) is 10.6. The number of rotatable bonds is 7. The molecule has 36 heavy (non-hydrogen) atoms. The van der Waals surface area contributed by atoms with E-state index in [2.05, 4.69) is 80.3 Å². The number of benzene rings is 3. The van der Waals surface area contributed by atoms with Crippen LogP contribution in [-0.4, -0.2) is 34.7 Å². The van der Waals surface area contributed by atoms with Gasteiger partial charge in [0.25, 0.3) is 0 Å². The predicted octanol–water partition coefficient (Wildman–Crippen LogP) is 6.82. The van der Waals surface area contributed by atoms with Crippen molar-refractivity contribution < 1.29 is 14.6 Å². The van der Waals surface area contributed by atoms with Gasteiger partial charge in [0.05, 0.1) is 5.60 Å². The molecule has 3 aromatic carbocycles. The van der Waals surface area contributed by atoms with Gasteiger partial charge in [-0.1, -0.05) is 60.2 Å². The summed E-state index contributed by atoms with van der Waals surface area (Å²) in [5.74, 6) is -0.943. The van der Waals surface area contributed by atoms with Crippen LogP contribution in [0.2, 0.25) is 0 Å². The molecule has 0 bridgehead atoms. The molecule has 0 spiro atoms. The monoisotopic (exact) mass is 485 g/mol. The number of aryl methyl sites for hydroxylation is 1. The van der Waals surface area contributed by atoms with Crippen LogP contribution in [0.5, 0.6) is 0 Å². The van der Waals surface area contributed by atoms with Gasteiger partial charge in [0.2, 0.25) is 0 Å². The molecule has 4 heteroatoms. The molecule has 0 amide bonds. The van der Waals surface area contributed by atoms with Gasteiger partial charge in [-0.15, -0.1) is 0 Å². The molecule has 1 atom stereocenters. The largest absolute Gasteiger partial charge is 0.479 e. The Labute approximate surface area is 215 Å². The van der Waals surface area contributed by atoms with E-state index in [4.69, 9.17) is 4.74 Å². The SMILES string of the molecule is Cc1ccc(-c2c(C)c3c(c(C)c2[C@H](OC(C)(C)C)C(=O)O)CCN(CCc2ccccc2)C3)cc1. The third-order valence-electron chi connectivity index (χ3n) is 7.24. The standard InChI is InChI=1S/C32H39NO3/c1-21-12-14-25(15-13-21)28-23(3)27-20-33(18-16-24-10-8-7-9-11-24)19-17-26(27)22(2)29(28)30(31(34)35)36-32(4,5)6/h7-15,30H,16-20H2,1-6H3,(H,34,35)/t30-/m0/s1. The lowest BCUT2D eigenvalue weighted by atomic mass is 9.80. The van der Waals surface area contributed by atoms with Crippen LogP contribution >= 0.6 is 0 Å². The Morgan fingerprint density at radius 2 is 1.64 bits per heavy atom. The van der Waals surface area contributed by atoms with Crippen molar-refractivity contribution >= 4 is 5.97 Å². The molecule has 1 aliphatic rings. The molecule has 0 saturated carbocycles. The molecule has 0 aromatic heterocycles. The molecular weight excluding hydrogens is 446 g/mol. The number of carboxylic acids is 1. The molecular formula is C32H39NO3. The van der Waals surface area contributed by atoms with E-state index in [9.17, 15) is 9.90 Å². The Bertz CT molecular complexity index is 1220. The molecule has 0 fully saturated rings. The number of hydrogen-bond donors (Lipinski definition) is 1. The van der Waals surface area contributed by atoms with Crippen molar-refractivity contribution in [2.24, 2.45) is 0 Å². The average molecular weight is 486 g/mol. The number of carboxylic acid groups (broad SMARTS) is 1. The second-order valence-electron chi connectivity index (χ2n) is 11.1. The van der Waals surface area contributed by atoms with Crippen LogP contribution in [-0.2, 0) is 28.9 Å². The highest BCUT2D eigenvalue weighted by Crippen LogP contribution is 2.42. The average Bonchev–Trinajstić information content (AvgIpc) is 2.84. The Hall–Kier alpha value is -2.95. The fourth-order valence-electron chi connectivity index (χ4n) is 5.41. The number of aliphatic carboxylic acids is 1. The summed E-state index contributed by atoms with van der Waals surface area (Å²) in [6, 6.07) is 19.1. The topological polar surface area (TPSA) is 49.8 Å². The summed E-state index contributed by atoms with van der Waals surface area (Å²) in [6.07, 6.45) is 0.915. The smallest absolute Gasteiger partial charge is 0.337 e. The first-order valence-corrected chi connectivity index (χ1v) is 12.9. The molecule has 3 aromatic rings. The number of nitrogens with zero attached hydrogens (tertiary/aromatic N) is 1. The highest BCUT2D eigenvalue weighted by atomic mass is 16.5. The minimum atomic E-state index is -1.03. The third kappa shape index (κ3) is 5.71. The Kier molecular flexibility index (Phi) is 7.67. The third-order valence-corrected chi connectivity index (χ3v) is 7.24. The van der Waals surface area contributed by atoms with Gasteiger partial charge in [-0.25, -0.2) is 4.79 Å². The second-order valence-corrected chi connectivity index (χ2v) is 11.1. The number of hydrogen-bond acceptors (Lipinski definition) is 3. The minimum Gasteiger partial charge on any atom is -0.479 e. The Morgan fingerprint density at radius 3 is 2.25 bits per heavy atom. The maximum absolute atomic E-state index is 12.6. The summed E-state index contributed by atoms with van der Waals surface area (Å²) < 4.78 is 6.20. The zero-order valence-corrected chi connectivity index (χ0v) is 22.5. The molecule has 0 unspecified atom stereocenters. The minimum absolute atomic E-state index is 0.585. The van der Waals surface area contributed by atoms with E-state index in [1.54, 1.807) is 0 Å². The van der Waals surface area contributed by atoms with Gasteiger partial charge in [0.15, 0.2) is 6.10 Å². The van der Waals surface area contributed by atoms with Crippen LogP contribution in [0.1, 0.15) is 65.8 Å². The van der Waals surface area contributed by atoms with Crippen LogP contribution in [0.3, 0.4) is 0 Å². The van der Waals surface area contributed by atoms with E-state index >= 15 is 0 Å². The molecule has 190 valence electrons. The van der Waals surface area contributed by atoms with Gasteiger partial charge in [-0.3, -0.25) is 4.90 Å². The van der Waals surface area contributed by atoms with Gasteiger partial charge in [-0.05, 0) is 93.3 Å². The summed E-state index contributed by atoms with van der Waals surface area (Å²) in [5, 5.41) is 10.3. The fourth-order valence-corrected chi connectivity index (χ4v) is 5.41. The highest BCUT2D eigenvalue weighted by molar-refractivity contribution is 5.84. The van der Waals surface area contributed by atoms with E-state index in [1.807, 2.05) is 20.8 Å².